The summed E-state index contributed by atoms with van der Waals surface area (Å²) in [6.45, 7) is 2.94. The third kappa shape index (κ3) is 3.53. The van der Waals surface area contributed by atoms with Crippen LogP contribution in [0.25, 0.3) is 0 Å². The number of nitrogens with zero attached hydrogens (tertiary/aromatic N) is 3. The zero-order valence-corrected chi connectivity index (χ0v) is 11.2. The quantitative estimate of drug-likeness (QED) is 0.782. The molecule has 2 N–H and O–H groups in total. The fourth-order valence-electron chi connectivity index (χ4n) is 1.73. The van der Waals surface area contributed by atoms with Crippen molar-refractivity contribution >= 4 is 5.91 Å². The van der Waals surface area contributed by atoms with Crippen LogP contribution in [0.1, 0.15) is 48.5 Å². The summed E-state index contributed by atoms with van der Waals surface area (Å²) in [6.07, 6.45) is 3.21. The van der Waals surface area contributed by atoms with Crippen LogP contribution in [0.4, 0.5) is 0 Å². The second kappa shape index (κ2) is 5.48. The van der Waals surface area contributed by atoms with Crippen molar-refractivity contribution in [2.24, 2.45) is 0 Å². The molecule has 1 aromatic rings. The maximum Gasteiger partial charge on any atom is 0.291 e. The molecule has 1 saturated carbocycles. The number of H-pyrrole nitrogens is 1. The van der Waals surface area contributed by atoms with Gasteiger partial charge in [0.2, 0.25) is 5.82 Å². The van der Waals surface area contributed by atoms with Crippen LogP contribution in [-0.2, 0) is 0 Å². The molecule has 1 heterocycles. The molecule has 0 bridgehead atoms. The van der Waals surface area contributed by atoms with Crippen molar-refractivity contribution in [1.29, 1.82) is 0 Å². The van der Waals surface area contributed by atoms with Gasteiger partial charge in [-0.3, -0.25) is 9.89 Å². The van der Waals surface area contributed by atoms with Crippen LogP contribution in [0.15, 0.2) is 0 Å². The summed E-state index contributed by atoms with van der Waals surface area (Å²) < 4.78 is 0. The number of carbonyl (C=O) groups excluding carboxylic acids is 1. The highest BCUT2D eigenvalue weighted by molar-refractivity contribution is 5.90. The zero-order chi connectivity index (χ0) is 13.1. The highest BCUT2D eigenvalue weighted by Crippen LogP contribution is 2.37. The number of hydrogen-bond donors (Lipinski definition) is 2. The van der Waals surface area contributed by atoms with E-state index in [1.54, 1.807) is 0 Å². The van der Waals surface area contributed by atoms with Crippen LogP contribution in [0.5, 0.6) is 0 Å². The Morgan fingerprint density at radius 2 is 2.28 bits per heavy atom. The minimum Gasteiger partial charge on any atom is -0.347 e. The van der Waals surface area contributed by atoms with Gasteiger partial charge in [0.1, 0.15) is 5.82 Å². The lowest BCUT2D eigenvalue weighted by Crippen LogP contribution is -2.35. The Morgan fingerprint density at radius 3 is 2.89 bits per heavy atom. The van der Waals surface area contributed by atoms with Crippen LogP contribution in [0, 0.1) is 0 Å². The van der Waals surface area contributed by atoms with Crippen molar-refractivity contribution in [3.8, 4) is 0 Å². The van der Waals surface area contributed by atoms with Gasteiger partial charge in [0.05, 0.1) is 0 Å². The second-order valence-corrected chi connectivity index (χ2v) is 5.28. The number of rotatable bonds is 6. The average molecular weight is 251 g/mol. The summed E-state index contributed by atoms with van der Waals surface area (Å²) in [5, 5.41) is 9.72. The Kier molecular flexibility index (Phi) is 3.96. The number of aromatic amines is 1. The van der Waals surface area contributed by atoms with Crippen LogP contribution in [-0.4, -0.2) is 52.7 Å². The molecule has 0 aromatic carbocycles. The maximum absolute atomic E-state index is 11.9. The van der Waals surface area contributed by atoms with Gasteiger partial charge in [0, 0.05) is 12.0 Å². The predicted molar refractivity (Wildman–Crippen MR) is 68.5 cm³/mol. The van der Waals surface area contributed by atoms with Crippen molar-refractivity contribution in [2.45, 2.75) is 38.1 Å². The van der Waals surface area contributed by atoms with Gasteiger partial charge < -0.3 is 10.2 Å². The molecular formula is C12H21N5O. The van der Waals surface area contributed by atoms with E-state index in [-0.39, 0.29) is 17.8 Å². The first-order valence-electron chi connectivity index (χ1n) is 6.44. The van der Waals surface area contributed by atoms with Gasteiger partial charge >= 0.3 is 0 Å². The lowest BCUT2D eigenvalue weighted by molar-refractivity contribution is 0.0926. The van der Waals surface area contributed by atoms with Crippen molar-refractivity contribution in [1.82, 2.24) is 25.4 Å². The maximum atomic E-state index is 11.9. The number of hydrogen-bond acceptors (Lipinski definition) is 4. The van der Waals surface area contributed by atoms with Crippen LogP contribution in [0.2, 0.25) is 0 Å². The van der Waals surface area contributed by atoms with E-state index in [2.05, 4.69) is 25.4 Å². The standard InChI is InChI=1S/C12H21N5O/c1-8(6-7-17(2)3)13-12(18)11-14-10(15-16-11)9-4-5-9/h8-9H,4-7H2,1-3H3,(H,13,18)(H,14,15,16). The molecular weight excluding hydrogens is 230 g/mol. The number of aromatic nitrogens is 3. The van der Waals surface area contributed by atoms with E-state index in [1.165, 1.54) is 0 Å². The predicted octanol–water partition coefficient (Wildman–Crippen LogP) is 0.752. The normalized spacial score (nSPS) is 16.9. The molecule has 1 amide bonds. The Balaban J connectivity index is 1.82. The molecule has 1 atom stereocenters. The molecule has 1 unspecified atom stereocenters. The summed E-state index contributed by atoms with van der Waals surface area (Å²) in [5.41, 5.74) is 0. The molecule has 1 aliphatic carbocycles. The van der Waals surface area contributed by atoms with Gasteiger partial charge in [0.15, 0.2) is 0 Å². The Bertz CT molecular complexity index is 410. The first-order chi connectivity index (χ1) is 8.56. The molecule has 2 rings (SSSR count). The third-order valence-corrected chi connectivity index (χ3v) is 3.06. The zero-order valence-electron chi connectivity index (χ0n) is 11.2. The van der Waals surface area contributed by atoms with Crippen molar-refractivity contribution in [3.05, 3.63) is 11.6 Å². The summed E-state index contributed by atoms with van der Waals surface area (Å²) in [7, 11) is 4.04. The van der Waals surface area contributed by atoms with Gasteiger partial charge in [-0.05, 0) is 46.8 Å². The molecule has 1 aliphatic rings. The minimum atomic E-state index is -0.190. The topological polar surface area (TPSA) is 73.9 Å². The molecule has 100 valence electrons. The van der Waals surface area contributed by atoms with Crippen molar-refractivity contribution in [3.63, 3.8) is 0 Å². The molecule has 0 spiro atoms. The summed E-state index contributed by atoms with van der Waals surface area (Å²) >= 11 is 0. The van der Waals surface area contributed by atoms with E-state index in [4.69, 9.17) is 0 Å². The minimum absolute atomic E-state index is 0.128. The lowest BCUT2D eigenvalue weighted by atomic mass is 10.2. The SMILES string of the molecule is CC(CCN(C)C)NC(=O)c1n[nH]c(C2CC2)n1. The van der Waals surface area contributed by atoms with Gasteiger partial charge in [-0.15, -0.1) is 5.10 Å². The Hall–Kier alpha value is -1.43. The smallest absolute Gasteiger partial charge is 0.291 e. The van der Waals surface area contributed by atoms with Crippen molar-refractivity contribution in [2.75, 3.05) is 20.6 Å². The molecule has 0 saturated heterocycles. The fraction of sp³-hybridized carbons (Fsp3) is 0.750. The summed E-state index contributed by atoms with van der Waals surface area (Å²) in [6, 6.07) is 0.128. The summed E-state index contributed by atoms with van der Waals surface area (Å²) in [5.74, 6) is 1.41. The molecule has 18 heavy (non-hydrogen) atoms. The molecule has 0 aliphatic heterocycles. The highest BCUT2D eigenvalue weighted by atomic mass is 16.2. The highest BCUT2D eigenvalue weighted by Gasteiger charge is 2.28. The molecule has 0 radical (unpaired) electrons. The van der Waals surface area contributed by atoms with Crippen LogP contribution in [0.3, 0.4) is 0 Å². The molecule has 6 nitrogen and oxygen atoms in total. The van der Waals surface area contributed by atoms with Crippen molar-refractivity contribution < 1.29 is 4.79 Å². The molecule has 1 aromatic heterocycles. The number of amides is 1. The van der Waals surface area contributed by atoms with E-state index in [1.807, 2.05) is 21.0 Å². The van der Waals surface area contributed by atoms with E-state index in [9.17, 15) is 4.79 Å². The number of nitrogens with one attached hydrogen (secondary N) is 2. The summed E-state index contributed by atoms with van der Waals surface area (Å²) in [4.78, 5) is 18.2. The molecule has 6 heteroatoms. The lowest BCUT2D eigenvalue weighted by Gasteiger charge is -2.15. The largest absolute Gasteiger partial charge is 0.347 e. The van der Waals surface area contributed by atoms with Gasteiger partial charge in [-0.2, -0.15) is 0 Å². The first-order valence-corrected chi connectivity index (χ1v) is 6.44. The average Bonchev–Trinajstić information content (AvgIpc) is 3.04. The fourth-order valence-corrected chi connectivity index (χ4v) is 1.73. The molecule has 1 fully saturated rings. The first kappa shape index (κ1) is 13.0. The van der Waals surface area contributed by atoms with Crippen LogP contribution < -0.4 is 5.32 Å². The van der Waals surface area contributed by atoms with Gasteiger partial charge in [-0.1, -0.05) is 0 Å². The van der Waals surface area contributed by atoms with E-state index < -0.39 is 0 Å². The van der Waals surface area contributed by atoms with Gasteiger partial charge in [-0.25, -0.2) is 4.98 Å². The second-order valence-electron chi connectivity index (χ2n) is 5.28. The van der Waals surface area contributed by atoms with E-state index >= 15 is 0 Å². The monoisotopic (exact) mass is 251 g/mol. The Morgan fingerprint density at radius 1 is 1.56 bits per heavy atom. The van der Waals surface area contributed by atoms with E-state index in [0.29, 0.717) is 5.92 Å². The van der Waals surface area contributed by atoms with Gasteiger partial charge in [0.25, 0.3) is 5.91 Å². The van der Waals surface area contributed by atoms with Crippen LogP contribution >= 0.6 is 0 Å². The third-order valence-electron chi connectivity index (χ3n) is 3.06. The Labute approximate surface area is 107 Å². The number of carbonyl (C=O) groups is 1. The van der Waals surface area contributed by atoms with E-state index in [0.717, 1.165) is 31.6 Å².